The van der Waals surface area contributed by atoms with Crippen molar-refractivity contribution < 1.29 is 19.4 Å². The number of carbonyl (C=O) groups excluding carboxylic acids is 1. The van der Waals surface area contributed by atoms with Crippen LogP contribution in [0.4, 0.5) is 5.69 Å². The normalized spacial score (nSPS) is 24.6. The number of aryl methyl sites for hydroxylation is 1. The topological polar surface area (TPSA) is 59.0 Å². The molecular weight excluding hydrogens is 462 g/mol. The van der Waals surface area contributed by atoms with Gasteiger partial charge in [0.25, 0.3) is 0 Å². The van der Waals surface area contributed by atoms with Gasteiger partial charge in [-0.15, -0.1) is 0 Å². The molecule has 3 aliphatic rings. The van der Waals surface area contributed by atoms with Gasteiger partial charge in [-0.2, -0.15) is 0 Å². The lowest BCUT2D eigenvalue weighted by molar-refractivity contribution is -0.111. The first kappa shape index (κ1) is 24.1. The highest BCUT2D eigenvalue weighted by Gasteiger charge is 2.43. The summed E-state index contributed by atoms with van der Waals surface area (Å²) in [4.78, 5) is 13.7. The van der Waals surface area contributed by atoms with Crippen LogP contribution in [0.3, 0.4) is 0 Å². The smallest absolute Gasteiger partial charge is 0.125 e. The van der Waals surface area contributed by atoms with Crippen molar-refractivity contribution in [1.29, 1.82) is 0 Å². The third kappa shape index (κ3) is 4.50. The molecular formula is C32H35NO4. The Morgan fingerprint density at radius 2 is 1.81 bits per heavy atom. The Morgan fingerprint density at radius 1 is 1.03 bits per heavy atom. The van der Waals surface area contributed by atoms with Crippen LogP contribution in [0, 0.1) is 5.92 Å². The van der Waals surface area contributed by atoms with E-state index in [0.717, 1.165) is 57.2 Å². The fourth-order valence-corrected chi connectivity index (χ4v) is 6.89. The fraction of sp³-hybridized carbons (Fsp3) is 0.406. The molecule has 0 bridgehead atoms. The number of methoxy groups -OCH3 is 1. The van der Waals surface area contributed by atoms with E-state index in [0.29, 0.717) is 18.3 Å². The zero-order valence-corrected chi connectivity index (χ0v) is 21.4. The molecule has 2 aliphatic heterocycles. The van der Waals surface area contributed by atoms with Gasteiger partial charge in [0, 0.05) is 42.2 Å². The third-order valence-corrected chi connectivity index (χ3v) is 8.84. The Labute approximate surface area is 219 Å². The lowest BCUT2D eigenvalue weighted by Crippen LogP contribution is -2.44. The first-order valence-corrected chi connectivity index (χ1v) is 13.5. The van der Waals surface area contributed by atoms with Gasteiger partial charge in [0.15, 0.2) is 0 Å². The zero-order valence-electron chi connectivity index (χ0n) is 21.4. The van der Waals surface area contributed by atoms with Crippen molar-refractivity contribution in [2.75, 3.05) is 31.7 Å². The Hall–Kier alpha value is -3.31. The lowest BCUT2D eigenvalue weighted by atomic mass is 9.69. The maximum Gasteiger partial charge on any atom is 0.125 e. The summed E-state index contributed by atoms with van der Waals surface area (Å²) in [5, 5.41) is 10.2. The molecule has 192 valence electrons. The number of aldehydes is 1. The molecule has 37 heavy (non-hydrogen) atoms. The van der Waals surface area contributed by atoms with Gasteiger partial charge in [-0.05, 0) is 72.9 Å². The molecule has 0 radical (unpaired) electrons. The SMILES string of the molecule is COc1cc(N2CCC3(CC2)C[C@@H](C=O)CO3)ccc1[C@@H]1c2ccc(O)cc2CC[C@@H]1c1ccccc1. The Bertz CT molecular complexity index is 1270. The van der Waals surface area contributed by atoms with E-state index in [1.807, 2.05) is 12.1 Å². The molecule has 5 heteroatoms. The number of nitrogens with zero attached hydrogens (tertiary/aromatic N) is 1. The second-order valence-electron chi connectivity index (χ2n) is 10.9. The predicted molar refractivity (Wildman–Crippen MR) is 145 cm³/mol. The summed E-state index contributed by atoms with van der Waals surface area (Å²) >= 11 is 0. The first-order valence-electron chi connectivity index (χ1n) is 13.5. The van der Waals surface area contributed by atoms with Crippen molar-refractivity contribution in [2.24, 2.45) is 5.92 Å². The molecule has 2 fully saturated rings. The van der Waals surface area contributed by atoms with Gasteiger partial charge in [0.2, 0.25) is 0 Å². The van der Waals surface area contributed by atoms with Gasteiger partial charge in [0.1, 0.15) is 17.8 Å². The number of fused-ring (bicyclic) bond motifs is 1. The summed E-state index contributed by atoms with van der Waals surface area (Å²) in [5.74, 6) is 1.75. The number of rotatable bonds is 5. The molecule has 1 spiro atoms. The second-order valence-corrected chi connectivity index (χ2v) is 10.9. The number of aromatic hydroxyl groups is 1. The number of carbonyl (C=O) groups is 1. The molecule has 2 heterocycles. The van der Waals surface area contributed by atoms with Crippen molar-refractivity contribution in [1.82, 2.24) is 0 Å². The number of benzene rings is 3. The molecule has 3 aromatic rings. The Kier molecular flexibility index (Phi) is 6.41. The van der Waals surface area contributed by atoms with Gasteiger partial charge < -0.3 is 24.3 Å². The average molecular weight is 498 g/mol. The number of hydrogen-bond acceptors (Lipinski definition) is 5. The average Bonchev–Trinajstić information content (AvgIpc) is 3.35. The molecule has 3 atom stereocenters. The number of hydrogen-bond donors (Lipinski definition) is 1. The molecule has 6 rings (SSSR count). The highest BCUT2D eigenvalue weighted by atomic mass is 16.5. The minimum atomic E-state index is -0.133. The van der Waals surface area contributed by atoms with E-state index in [9.17, 15) is 9.90 Å². The summed E-state index contributed by atoms with van der Waals surface area (Å²) in [5.41, 5.74) is 6.05. The highest BCUT2D eigenvalue weighted by Crippen LogP contribution is 2.50. The van der Waals surface area contributed by atoms with Crippen molar-refractivity contribution in [3.63, 3.8) is 0 Å². The predicted octanol–water partition coefficient (Wildman–Crippen LogP) is 5.84. The molecule has 1 N–H and O–H groups in total. The molecule has 0 aromatic heterocycles. The monoisotopic (exact) mass is 497 g/mol. The first-order chi connectivity index (χ1) is 18.1. The van der Waals surface area contributed by atoms with Crippen LogP contribution in [0.15, 0.2) is 66.7 Å². The van der Waals surface area contributed by atoms with Crippen LogP contribution in [0.5, 0.6) is 11.5 Å². The van der Waals surface area contributed by atoms with Crippen molar-refractivity contribution >= 4 is 12.0 Å². The minimum absolute atomic E-state index is 0.0452. The fourth-order valence-electron chi connectivity index (χ4n) is 6.89. The largest absolute Gasteiger partial charge is 0.508 e. The van der Waals surface area contributed by atoms with Gasteiger partial charge in [-0.25, -0.2) is 0 Å². The van der Waals surface area contributed by atoms with Gasteiger partial charge >= 0.3 is 0 Å². The molecule has 2 saturated heterocycles. The summed E-state index contributed by atoms with van der Waals surface area (Å²) in [7, 11) is 1.76. The number of phenolic OH excluding ortho intramolecular Hbond substituents is 1. The Balaban J connectivity index is 1.32. The van der Waals surface area contributed by atoms with Gasteiger partial charge in [-0.3, -0.25) is 0 Å². The molecule has 1 aliphatic carbocycles. The second kappa shape index (κ2) is 9.86. The van der Waals surface area contributed by atoms with E-state index in [-0.39, 0.29) is 17.4 Å². The van der Waals surface area contributed by atoms with Crippen LogP contribution in [-0.2, 0) is 16.0 Å². The Morgan fingerprint density at radius 3 is 2.54 bits per heavy atom. The maximum atomic E-state index is 11.2. The number of anilines is 1. The minimum Gasteiger partial charge on any atom is -0.508 e. The van der Waals surface area contributed by atoms with Crippen molar-refractivity contribution in [3.05, 3.63) is 89.0 Å². The third-order valence-electron chi connectivity index (χ3n) is 8.84. The summed E-state index contributed by atoms with van der Waals surface area (Å²) in [6, 6.07) is 23.3. The highest BCUT2D eigenvalue weighted by molar-refractivity contribution is 5.59. The summed E-state index contributed by atoms with van der Waals surface area (Å²) in [6.45, 7) is 2.38. The standard InChI is InChI=1S/C32H35NO4/c1-36-30-18-25(33-15-13-32(14-16-33)19-22(20-34)21-37-32)8-11-29(30)31-27(23-5-3-2-4-6-23)10-7-24-17-26(35)9-12-28(24)31/h2-6,8-9,11-12,17-18,20,22,27,31,35H,7,10,13-16,19,21H2,1H3/t22-,27+,31-/m0/s1. The van der Waals surface area contributed by atoms with E-state index in [4.69, 9.17) is 9.47 Å². The van der Waals surface area contributed by atoms with Crippen LogP contribution >= 0.6 is 0 Å². The molecule has 0 amide bonds. The molecule has 3 aromatic carbocycles. The number of piperidine rings is 1. The van der Waals surface area contributed by atoms with Crippen molar-refractivity contribution in [3.8, 4) is 11.5 Å². The quantitative estimate of drug-likeness (QED) is 0.449. The van der Waals surface area contributed by atoms with Gasteiger partial charge in [-0.1, -0.05) is 42.5 Å². The van der Waals surface area contributed by atoms with Crippen molar-refractivity contribution in [2.45, 2.75) is 49.5 Å². The van der Waals surface area contributed by atoms with E-state index >= 15 is 0 Å². The van der Waals surface area contributed by atoms with Gasteiger partial charge in [0.05, 0.1) is 19.3 Å². The maximum absolute atomic E-state index is 11.2. The lowest BCUT2D eigenvalue weighted by Gasteiger charge is -2.40. The molecule has 5 nitrogen and oxygen atoms in total. The van der Waals surface area contributed by atoms with Crippen LogP contribution in [-0.4, -0.2) is 43.8 Å². The molecule has 0 unspecified atom stereocenters. The van der Waals surface area contributed by atoms with E-state index < -0.39 is 0 Å². The summed E-state index contributed by atoms with van der Waals surface area (Å²) < 4.78 is 12.1. The van der Waals surface area contributed by atoms with Crippen LogP contribution in [0.1, 0.15) is 59.8 Å². The number of phenols is 1. The van der Waals surface area contributed by atoms with E-state index in [1.54, 1.807) is 7.11 Å². The van der Waals surface area contributed by atoms with Crippen LogP contribution < -0.4 is 9.64 Å². The molecule has 0 saturated carbocycles. The number of ether oxygens (including phenoxy) is 2. The van der Waals surface area contributed by atoms with Crippen LogP contribution in [0.25, 0.3) is 0 Å². The zero-order chi connectivity index (χ0) is 25.4. The van der Waals surface area contributed by atoms with Crippen LogP contribution in [0.2, 0.25) is 0 Å². The van der Waals surface area contributed by atoms with E-state index in [2.05, 4.69) is 59.5 Å². The summed E-state index contributed by atoms with van der Waals surface area (Å²) in [6.07, 6.45) is 5.76. The van der Waals surface area contributed by atoms with E-state index in [1.165, 1.54) is 27.9 Å².